The number of alkyl halides is 3. The van der Waals surface area contributed by atoms with Gasteiger partial charge in [0.15, 0.2) is 11.5 Å². The second-order valence-electron chi connectivity index (χ2n) is 5.51. The van der Waals surface area contributed by atoms with Gasteiger partial charge >= 0.3 is 6.18 Å². The van der Waals surface area contributed by atoms with Crippen molar-refractivity contribution in [3.8, 4) is 5.82 Å². The first-order chi connectivity index (χ1) is 11.8. The number of halogens is 6. The van der Waals surface area contributed by atoms with Gasteiger partial charge in [-0.1, -0.05) is 23.2 Å². The van der Waals surface area contributed by atoms with Gasteiger partial charge in [-0.2, -0.15) is 18.3 Å². The van der Waals surface area contributed by atoms with E-state index in [1.165, 1.54) is 6.07 Å². The maximum Gasteiger partial charge on any atom is 0.434 e. The smallest absolute Gasteiger partial charge is 0.352 e. The van der Waals surface area contributed by atoms with E-state index in [2.05, 4.69) is 20.7 Å². The number of hydrogen-bond donors (Lipinski definition) is 2. The Balaban J connectivity index is 0.00000243. The molecule has 1 amide bonds. The predicted octanol–water partition coefficient (Wildman–Crippen LogP) is 2.96. The molecular formula is C14H13Cl3F3N5O. The van der Waals surface area contributed by atoms with Crippen LogP contribution in [0.5, 0.6) is 0 Å². The van der Waals surface area contributed by atoms with Gasteiger partial charge in [0.05, 0.1) is 21.8 Å². The van der Waals surface area contributed by atoms with E-state index in [1.54, 1.807) is 0 Å². The predicted molar refractivity (Wildman–Crippen MR) is 92.3 cm³/mol. The number of carbonyl (C=O) groups is 1. The second kappa shape index (κ2) is 7.99. The molecule has 1 fully saturated rings. The lowest BCUT2D eigenvalue weighted by Gasteiger charge is -2.27. The molecule has 0 aliphatic carbocycles. The van der Waals surface area contributed by atoms with Gasteiger partial charge in [-0.15, -0.1) is 12.4 Å². The summed E-state index contributed by atoms with van der Waals surface area (Å²) in [7, 11) is 0. The molecule has 0 radical (unpaired) electrons. The summed E-state index contributed by atoms with van der Waals surface area (Å²) in [6, 6.07) is 1.25. The van der Waals surface area contributed by atoms with Crippen molar-refractivity contribution >= 4 is 41.5 Å². The van der Waals surface area contributed by atoms with Crippen LogP contribution in [0.25, 0.3) is 5.82 Å². The van der Waals surface area contributed by atoms with Crippen LogP contribution in [0.15, 0.2) is 18.5 Å². The standard InChI is InChI=1S/C14H12Cl2F3N5O.ClH/c15-8-1-10(16)12(21-5-8)24-11(14(17,18)19)9(6-23-24)13(25)22-4-7-2-20-3-7;/h1,5-7,20H,2-4H2,(H,22,25);1H. The van der Waals surface area contributed by atoms with Crippen molar-refractivity contribution in [2.45, 2.75) is 6.18 Å². The van der Waals surface area contributed by atoms with Gasteiger partial charge in [-0.25, -0.2) is 9.67 Å². The Kier molecular flexibility index (Phi) is 6.38. The number of aromatic nitrogens is 3. The van der Waals surface area contributed by atoms with E-state index in [4.69, 9.17) is 23.2 Å². The molecule has 12 heteroatoms. The fourth-order valence-electron chi connectivity index (χ4n) is 2.34. The molecule has 0 unspecified atom stereocenters. The first-order valence-corrected chi connectivity index (χ1v) is 7.98. The molecule has 6 nitrogen and oxygen atoms in total. The van der Waals surface area contributed by atoms with E-state index in [9.17, 15) is 18.0 Å². The Labute approximate surface area is 162 Å². The zero-order valence-corrected chi connectivity index (χ0v) is 15.3. The number of rotatable bonds is 4. The number of amides is 1. The molecule has 3 rings (SSSR count). The fraction of sp³-hybridized carbons (Fsp3) is 0.357. The highest BCUT2D eigenvalue weighted by atomic mass is 35.5. The van der Waals surface area contributed by atoms with Crippen molar-refractivity contribution in [1.29, 1.82) is 0 Å². The third kappa shape index (κ3) is 4.22. The Morgan fingerprint density at radius 3 is 2.58 bits per heavy atom. The van der Waals surface area contributed by atoms with E-state index in [1.807, 2.05) is 0 Å². The largest absolute Gasteiger partial charge is 0.434 e. The number of hydrogen-bond acceptors (Lipinski definition) is 4. The van der Waals surface area contributed by atoms with E-state index in [-0.39, 0.29) is 40.7 Å². The van der Waals surface area contributed by atoms with Crippen LogP contribution in [-0.2, 0) is 6.18 Å². The molecule has 0 spiro atoms. The van der Waals surface area contributed by atoms with E-state index in [0.29, 0.717) is 4.68 Å². The molecule has 2 N–H and O–H groups in total. The third-order valence-corrected chi connectivity index (χ3v) is 4.17. The van der Waals surface area contributed by atoms with Gasteiger partial charge < -0.3 is 10.6 Å². The molecule has 0 saturated carbocycles. The topological polar surface area (TPSA) is 71.8 Å². The van der Waals surface area contributed by atoms with Gasteiger partial charge in [-0.05, 0) is 6.07 Å². The summed E-state index contributed by atoms with van der Waals surface area (Å²) in [5.74, 6) is -0.906. The summed E-state index contributed by atoms with van der Waals surface area (Å²) in [5, 5.41) is 9.22. The van der Waals surface area contributed by atoms with Gasteiger partial charge in [0.2, 0.25) is 0 Å². The summed E-state index contributed by atoms with van der Waals surface area (Å²) >= 11 is 11.6. The molecule has 1 aliphatic rings. The van der Waals surface area contributed by atoms with Crippen molar-refractivity contribution in [2.75, 3.05) is 19.6 Å². The molecule has 2 aromatic heterocycles. The van der Waals surface area contributed by atoms with Crippen molar-refractivity contribution in [2.24, 2.45) is 5.92 Å². The van der Waals surface area contributed by atoms with E-state index in [0.717, 1.165) is 25.5 Å². The molecule has 0 atom stereocenters. The summed E-state index contributed by atoms with van der Waals surface area (Å²) in [6.07, 6.45) is -2.83. The number of pyridine rings is 1. The van der Waals surface area contributed by atoms with Gasteiger partial charge in [0.25, 0.3) is 5.91 Å². The summed E-state index contributed by atoms with van der Waals surface area (Å²) in [4.78, 5) is 16.0. The Morgan fingerprint density at radius 1 is 1.35 bits per heavy atom. The van der Waals surface area contributed by atoms with Crippen LogP contribution in [0, 0.1) is 5.92 Å². The van der Waals surface area contributed by atoms with Crippen molar-refractivity contribution in [3.05, 3.63) is 39.8 Å². The highest BCUT2D eigenvalue weighted by molar-refractivity contribution is 6.35. The highest BCUT2D eigenvalue weighted by Gasteiger charge is 2.41. The van der Waals surface area contributed by atoms with Crippen LogP contribution in [-0.4, -0.2) is 40.3 Å². The minimum atomic E-state index is -4.83. The quantitative estimate of drug-likeness (QED) is 0.782. The number of nitrogens with zero attached hydrogens (tertiary/aromatic N) is 3. The maximum atomic E-state index is 13.5. The Hall–Kier alpha value is -1.55. The van der Waals surface area contributed by atoms with Crippen LogP contribution in [0.3, 0.4) is 0 Å². The summed E-state index contributed by atoms with van der Waals surface area (Å²) in [6.45, 7) is 1.72. The minimum Gasteiger partial charge on any atom is -0.352 e. The van der Waals surface area contributed by atoms with Crippen LogP contribution < -0.4 is 10.6 Å². The van der Waals surface area contributed by atoms with Crippen LogP contribution in [0.4, 0.5) is 13.2 Å². The zero-order valence-electron chi connectivity index (χ0n) is 13.0. The van der Waals surface area contributed by atoms with Crippen molar-refractivity contribution in [1.82, 2.24) is 25.4 Å². The monoisotopic (exact) mass is 429 g/mol. The lowest BCUT2D eigenvalue weighted by molar-refractivity contribution is -0.143. The molecule has 2 aromatic rings. The molecule has 1 saturated heterocycles. The third-order valence-electron chi connectivity index (χ3n) is 3.69. The number of nitrogens with one attached hydrogen (secondary N) is 2. The lowest BCUT2D eigenvalue weighted by Crippen LogP contribution is -2.48. The lowest BCUT2D eigenvalue weighted by atomic mass is 10.0. The average molecular weight is 431 g/mol. The molecule has 1 aliphatic heterocycles. The zero-order chi connectivity index (χ0) is 18.2. The molecule has 3 heterocycles. The highest BCUT2D eigenvalue weighted by Crippen LogP contribution is 2.35. The van der Waals surface area contributed by atoms with Crippen molar-refractivity contribution < 1.29 is 18.0 Å². The molecule has 0 aromatic carbocycles. The van der Waals surface area contributed by atoms with Gasteiger partial charge in [0, 0.05) is 31.7 Å². The van der Waals surface area contributed by atoms with Crippen LogP contribution in [0.1, 0.15) is 16.1 Å². The van der Waals surface area contributed by atoms with Crippen LogP contribution in [0.2, 0.25) is 10.0 Å². The SMILES string of the molecule is Cl.O=C(NCC1CNC1)c1cnn(-c2ncc(Cl)cc2Cl)c1C(F)(F)F. The minimum absolute atomic E-state index is 0. The fourth-order valence-corrected chi connectivity index (χ4v) is 2.80. The van der Waals surface area contributed by atoms with Crippen LogP contribution >= 0.6 is 35.6 Å². The van der Waals surface area contributed by atoms with Crippen molar-refractivity contribution in [3.63, 3.8) is 0 Å². The van der Waals surface area contributed by atoms with Gasteiger partial charge in [0.1, 0.15) is 0 Å². The number of carbonyl (C=O) groups excluding carboxylic acids is 1. The first kappa shape index (κ1) is 20.8. The normalized spacial score (nSPS) is 14.5. The summed E-state index contributed by atoms with van der Waals surface area (Å²) in [5.41, 5.74) is -1.83. The average Bonchev–Trinajstić information content (AvgIpc) is 2.90. The Bertz CT molecular complexity index is 808. The van der Waals surface area contributed by atoms with Gasteiger partial charge in [-0.3, -0.25) is 4.79 Å². The first-order valence-electron chi connectivity index (χ1n) is 7.23. The summed E-state index contributed by atoms with van der Waals surface area (Å²) < 4.78 is 41.1. The van der Waals surface area contributed by atoms with E-state index >= 15 is 0 Å². The van der Waals surface area contributed by atoms with E-state index < -0.39 is 23.3 Å². The second-order valence-corrected chi connectivity index (χ2v) is 6.35. The molecular weight excluding hydrogens is 418 g/mol. The molecule has 26 heavy (non-hydrogen) atoms. The molecule has 0 bridgehead atoms. The maximum absolute atomic E-state index is 13.5. The molecule has 142 valence electrons. The Morgan fingerprint density at radius 2 is 2.04 bits per heavy atom.